The van der Waals surface area contributed by atoms with Gasteiger partial charge in [0.2, 0.25) is 5.90 Å². The highest BCUT2D eigenvalue weighted by Gasteiger charge is 2.26. The number of benzene rings is 2. The Morgan fingerprint density at radius 3 is 2.71 bits per heavy atom. The Morgan fingerprint density at radius 1 is 1.21 bits per heavy atom. The van der Waals surface area contributed by atoms with Crippen LogP contribution in [0.15, 0.2) is 51.6 Å². The first-order valence-corrected chi connectivity index (χ1v) is 8.34. The third-order valence-corrected chi connectivity index (χ3v) is 4.32. The Hall–Kier alpha value is -1.82. The minimum Gasteiger partial charge on any atom is -0.496 e. The van der Waals surface area contributed by atoms with E-state index in [0.717, 1.165) is 4.47 Å². The van der Waals surface area contributed by atoms with Crippen LogP contribution >= 0.6 is 39.1 Å². The van der Waals surface area contributed by atoms with Crippen LogP contribution in [-0.2, 0) is 9.53 Å². The number of methoxy groups -OCH3 is 1. The zero-order valence-electron chi connectivity index (χ0n) is 12.3. The number of carbonyl (C=O) groups is 1. The maximum Gasteiger partial charge on any atom is 0.363 e. The summed E-state index contributed by atoms with van der Waals surface area (Å²) in [4.78, 5) is 16.4. The molecule has 0 atom stereocenters. The molecule has 0 spiro atoms. The van der Waals surface area contributed by atoms with Gasteiger partial charge in [0.15, 0.2) is 5.70 Å². The predicted octanol–water partition coefficient (Wildman–Crippen LogP) is 5.11. The molecule has 1 aliphatic rings. The van der Waals surface area contributed by atoms with Crippen LogP contribution in [0, 0.1) is 0 Å². The Morgan fingerprint density at radius 2 is 2.00 bits per heavy atom. The van der Waals surface area contributed by atoms with Crippen LogP contribution in [0.1, 0.15) is 11.1 Å². The van der Waals surface area contributed by atoms with Crippen LogP contribution in [0.4, 0.5) is 0 Å². The van der Waals surface area contributed by atoms with Gasteiger partial charge >= 0.3 is 5.97 Å². The molecule has 0 bridgehead atoms. The van der Waals surface area contributed by atoms with E-state index >= 15 is 0 Å². The lowest BCUT2D eigenvalue weighted by atomic mass is 10.2. The van der Waals surface area contributed by atoms with Crippen LogP contribution in [0.5, 0.6) is 5.75 Å². The van der Waals surface area contributed by atoms with Crippen LogP contribution in [0.25, 0.3) is 6.08 Å². The zero-order valence-corrected chi connectivity index (χ0v) is 15.4. The van der Waals surface area contributed by atoms with Crippen molar-refractivity contribution in [2.24, 2.45) is 4.99 Å². The van der Waals surface area contributed by atoms with Crippen LogP contribution in [0.2, 0.25) is 10.0 Å². The normalized spacial score (nSPS) is 15.4. The number of halogens is 3. The molecule has 2 aromatic rings. The fourth-order valence-corrected chi connectivity index (χ4v) is 2.96. The van der Waals surface area contributed by atoms with E-state index in [1.165, 1.54) is 7.11 Å². The molecule has 0 saturated carbocycles. The molecule has 0 amide bonds. The van der Waals surface area contributed by atoms with Crippen LogP contribution in [0.3, 0.4) is 0 Å². The van der Waals surface area contributed by atoms with Crippen molar-refractivity contribution in [2.45, 2.75) is 0 Å². The predicted molar refractivity (Wildman–Crippen MR) is 97.8 cm³/mol. The SMILES string of the molecule is COc1ccc(Br)cc1C1=NC(=Cc2ccc(Cl)cc2Cl)C(=O)O1. The minimum atomic E-state index is -0.557. The van der Waals surface area contributed by atoms with Gasteiger partial charge in [0.05, 0.1) is 12.7 Å². The van der Waals surface area contributed by atoms with E-state index in [2.05, 4.69) is 20.9 Å². The fraction of sp³-hybridized carbons (Fsp3) is 0.0588. The number of hydrogen-bond acceptors (Lipinski definition) is 4. The summed E-state index contributed by atoms with van der Waals surface area (Å²) in [6.07, 6.45) is 1.55. The van der Waals surface area contributed by atoms with E-state index in [9.17, 15) is 4.79 Å². The quantitative estimate of drug-likeness (QED) is 0.506. The summed E-state index contributed by atoms with van der Waals surface area (Å²) in [7, 11) is 1.54. The van der Waals surface area contributed by atoms with E-state index in [4.69, 9.17) is 32.7 Å². The van der Waals surface area contributed by atoms with Crippen LogP contribution < -0.4 is 4.74 Å². The summed E-state index contributed by atoms with van der Waals surface area (Å²) in [6, 6.07) is 10.3. The third kappa shape index (κ3) is 3.48. The molecular formula is C17H10BrCl2NO3. The van der Waals surface area contributed by atoms with Gasteiger partial charge in [-0.2, -0.15) is 0 Å². The molecule has 0 radical (unpaired) electrons. The van der Waals surface area contributed by atoms with E-state index in [1.807, 2.05) is 6.07 Å². The molecule has 1 heterocycles. The van der Waals surface area contributed by atoms with Gasteiger partial charge in [-0.15, -0.1) is 0 Å². The topological polar surface area (TPSA) is 47.9 Å². The Labute approximate surface area is 156 Å². The second kappa shape index (κ2) is 6.97. The van der Waals surface area contributed by atoms with E-state index in [1.54, 1.807) is 36.4 Å². The zero-order chi connectivity index (χ0) is 17.3. The maximum atomic E-state index is 12.1. The first-order chi connectivity index (χ1) is 11.5. The first-order valence-electron chi connectivity index (χ1n) is 6.79. The first kappa shape index (κ1) is 17.0. The van der Waals surface area contributed by atoms with Crippen molar-refractivity contribution in [1.29, 1.82) is 0 Å². The second-order valence-corrected chi connectivity index (χ2v) is 6.61. The van der Waals surface area contributed by atoms with Crippen molar-refractivity contribution in [3.8, 4) is 5.75 Å². The molecule has 2 aromatic carbocycles. The number of cyclic esters (lactones) is 1. The highest BCUT2D eigenvalue weighted by molar-refractivity contribution is 9.10. The minimum absolute atomic E-state index is 0.149. The molecule has 0 fully saturated rings. The number of nitrogens with zero attached hydrogens (tertiary/aromatic N) is 1. The van der Waals surface area contributed by atoms with Crippen molar-refractivity contribution in [1.82, 2.24) is 0 Å². The van der Waals surface area contributed by atoms with E-state index in [-0.39, 0.29) is 11.6 Å². The van der Waals surface area contributed by atoms with Gasteiger partial charge in [-0.1, -0.05) is 45.2 Å². The van der Waals surface area contributed by atoms with Gasteiger partial charge in [0.1, 0.15) is 5.75 Å². The van der Waals surface area contributed by atoms with Gasteiger partial charge in [-0.3, -0.25) is 0 Å². The van der Waals surface area contributed by atoms with Gasteiger partial charge in [-0.05, 0) is 42.0 Å². The average molecular weight is 427 g/mol. The van der Waals surface area contributed by atoms with Gasteiger partial charge in [-0.25, -0.2) is 9.79 Å². The monoisotopic (exact) mass is 425 g/mol. The highest BCUT2D eigenvalue weighted by Crippen LogP contribution is 2.29. The van der Waals surface area contributed by atoms with Crippen molar-refractivity contribution >= 4 is 57.1 Å². The summed E-state index contributed by atoms with van der Waals surface area (Å²) < 4.78 is 11.4. The van der Waals surface area contributed by atoms with Gasteiger partial charge < -0.3 is 9.47 Å². The summed E-state index contributed by atoms with van der Waals surface area (Å²) in [5.74, 6) is 0.169. The Balaban J connectivity index is 2.02. The number of hydrogen-bond donors (Lipinski definition) is 0. The lowest BCUT2D eigenvalue weighted by molar-refractivity contribution is -0.129. The standard InChI is InChI=1S/C17H10BrCl2NO3/c1-23-15-5-3-10(18)7-12(15)16-21-14(17(22)24-16)6-9-2-4-11(19)8-13(9)20/h2-8H,1H3. The summed E-state index contributed by atoms with van der Waals surface area (Å²) in [5, 5.41) is 0.936. The third-order valence-electron chi connectivity index (χ3n) is 3.27. The maximum absolute atomic E-state index is 12.1. The van der Waals surface area contributed by atoms with Crippen molar-refractivity contribution in [3.05, 3.63) is 67.7 Å². The Bertz CT molecular complexity index is 893. The lowest BCUT2D eigenvalue weighted by Crippen LogP contribution is -2.07. The molecule has 0 unspecified atom stereocenters. The highest BCUT2D eigenvalue weighted by atomic mass is 79.9. The van der Waals surface area contributed by atoms with Crippen molar-refractivity contribution in [2.75, 3.05) is 7.11 Å². The smallest absolute Gasteiger partial charge is 0.363 e. The molecule has 0 N–H and O–H groups in total. The average Bonchev–Trinajstić information content (AvgIpc) is 2.91. The number of carbonyl (C=O) groups excluding carboxylic acids is 1. The van der Waals surface area contributed by atoms with Gasteiger partial charge in [0.25, 0.3) is 0 Å². The molecule has 1 aliphatic heterocycles. The Kier molecular flexibility index (Phi) is 4.94. The number of esters is 1. The van der Waals surface area contributed by atoms with Crippen molar-refractivity contribution < 1.29 is 14.3 Å². The number of aliphatic imine (C=N–C) groups is 1. The fourth-order valence-electron chi connectivity index (χ4n) is 2.14. The molecule has 0 aromatic heterocycles. The molecule has 3 rings (SSSR count). The molecule has 7 heteroatoms. The van der Waals surface area contributed by atoms with E-state index < -0.39 is 5.97 Å². The molecule has 4 nitrogen and oxygen atoms in total. The number of ether oxygens (including phenoxy) is 2. The molecule has 24 heavy (non-hydrogen) atoms. The molecule has 122 valence electrons. The van der Waals surface area contributed by atoms with Crippen molar-refractivity contribution in [3.63, 3.8) is 0 Å². The molecule has 0 aliphatic carbocycles. The largest absolute Gasteiger partial charge is 0.496 e. The summed E-state index contributed by atoms with van der Waals surface area (Å²) >= 11 is 15.4. The molecular weight excluding hydrogens is 417 g/mol. The summed E-state index contributed by atoms with van der Waals surface area (Å²) in [5.41, 5.74) is 1.35. The second-order valence-electron chi connectivity index (χ2n) is 4.85. The van der Waals surface area contributed by atoms with Crippen LogP contribution in [-0.4, -0.2) is 19.0 Å². The van der Waals surface area contributed by atoms with Gasteiger partial charge in [0, 0.05) is 14.5 Å². The van der Waals surface area contributed by atoms with E-state index in [0.29, 0.717) is 26.9 Å². The molecule has 0 saturated heterocycles. The number of rotatable bonds is 3. The summed E-state index contributed by atoms with van der Waals surface area (Å²) in [6.45, 7) is 0. The lowest BCUT2D eigenvalue weighted by Gasteiger charge is -2.07.